The number of carbonyl (C=O) groups is 1. The summed E-state index contributed by atoms with van der Waals surface area (Å²) < 4.78 is 0. The Labute approximate surface area is 187 Å². The smallest absolute Gasteiger partial charge is 0.254 e. The van der Waals surface area contributed by atoms with E-state index in [0.717, 1.165) is 56.2 Å². The van der Waals surface area contributed by atoms with E-state index in [-0.39, 0.29) is 12.1 Å². The van der Waals surface area contributed by atoms with E-state index < -0.39 is 0 Å². The molecule has 6 rings (SSSR count). The maximum absolute atomic E-state index is 13.4. The number of rotatable bonds is 3. The van der Waals surface area contributed by atoms with Gasteiger partial charge in [-0.1, -0.05) is 12.1 Å². The number of nitrogens with zero attached hydrogens (tertiary/aromatic N) is 5. The number of fused-ring (bicyclic) bond motifs is 2. The van der Waals surface area contributed by atoms with Crippen molar-refractivity contribution in [2.75, 3.05) is 31.1 Å². The third-order valence-corrected chi connectivity index (χ3v) is 7.21. The van der Waals surface area contributed by atoms with Gasteiger partial charge in [-0.25, -0.2) is 15.0 Å². The fourth-order valence-electron chi connectivity index (χ4n) is 5.59. The zero-order valence-corrected chi connectivity index (χ0v) is 18.5. The molecule has 4 heterocycles. The molecule has 2 aromatic rings. The van der Waals surface area contributed by atoms with Crippen LogP contribution in [0.1, 0.15) is 46.2 Å². The molecule has 0 bridgehead atoms. The van der Waals surface area contributed by atoms with Crippen LogP contribution in [0.4, 0.5) is 5.95 Å². The van der Waals surface area contributed by atoms with E-state index >= 15 is 0 Å². The number of aliphatic imine (C=N–C) groups is 1. The molecule has 0 saturated carbocycles. The number of anilines is 1. The van der Waals surface area contributed by atoms with Crippen molar-refractivity contribution in [3.05, 3.63) is 52.3 Å². The summed E-state index contributed by atoms with van der Waals surface area (Å²) in [5.74, 6) is 2.31. The van der Waals surface area contributed by atoms with Crippen LogP contribution in [0.2, 0.25) is 0 Å². The largest absolute Gasteiger partial charge is 0.386 e. The highest BCUT2D eigenvalue weighted by Crippen LogP contribution is 2.35. The minimum atomic E-state index is -0.115. The minimum absolute atomic E-state index is 0.0528. The molecule has 0 spiro atoms. The molecule has 3 atom stereocenters. The Kier molecular flexibility index (Phi) is 4.64. The average molecular weight is 433 g/mol. The summed E-state index contributed by atoms with van der Waals surface area (Å²) in [6.07, 6.45) is 3.25. The molecule has 3 aliphatic heterocycles. The standard InChI is InChI=1S/C24H28N6O2/c1-14-18-8-5-9-21(18)27-24(25-14)30-12-16-10-29(11-17(16)13-30)23(31)20-7-4-3-6-19(20)22-26-15(2)28-32-22/h3-4,6-7,15-17,28H,5,8-13H2,1-2H3. The fraction of sp³-hybridized carbons (Fsp3) is 0.500. The number of nitrogens with one attached hydrogen (secondary N) is 1. The first-order chi connectivity index (χ1) is 15.6. The van der Waals surface area contributed by atoms with E-state index in [9.17, 15) is 4.79 Å². The van der Waals surface area contributed by atoms with E-state index in [1.54, 1.807) is 0 Å². The van der Waals surface area contributed by atoms with Crippen LogP contribution in [0.25, 0.3) is 0 Å². The van der Waals surface area contributed by atoms with Crippen LogP contribution in [0.15, 0.2) is 29.3 Å². The highest BCUT2D eigenvalue weighted by Gasteiger charge is 2.43. The van der Waals surface area contributed by atoms with Gasteiger partial charge in [-0.2, -0.15) is 0 Å². The first kappa shape index (κ1) is 19.7. The molecule has 2 saturated heterocycles. The van der Waals surface area contributed by atoms with Gasteiger partial charge in [-0.3, -0.25) is 4.79 Å². The minimum Gasteiger partial charge on any atom is -0.386 e. The molecule has 1 aliphatic carbocycles. The van der Waals surface area contributed by atoms with Gasteiger partial charge in [-0.05, 0) is 50.8 Å². The van der Waals surface area contributed by atoms with Crippen LogP contribution in [0, 0.1) is 18.8 Å². The van der Waals surface area contributed by atoms with Gasteiger partial charge in [0.15, 0.2) is 0 Å². The van der Waals surface area contributed by atoms with Crippen LogP contribution in [-0.2, 0) is 17.7 Å². The van der Waals surface area contributed by atoms with Gasteiger partial charge in [0.05, 0.1) is 11.1 Å². The number of hydroxylamine groups is 1. The van der Waals surface area contributed by atoms with Crippen molar-refractivity contribution in [1.82, 2.24) is 20.3 Å². The first-order valence-electron chi connectivity index (χ1n) is 11.6. The van der Waals surface area contributed by atoms with E-state index in [1.807, 2.05) is 36.1 Å². The highest BCUT2D eigenvalue weighted by atomic mass is 16.7. The van der Waals surface area contributed by atoms with Crippen LogP contribution in [0.3, 0.4) is 0 Å². The van der Waals surface area contributed by atoms with Crippen LogP contribution >= 0.6 is 0 Å². The van der Waals surface area contributed by atoms with Crippen molar-refractivity contribution in [3.8, 4) is 0 Å². The second-order valence-corrected chi connectivity index (χ2v) is 9.40. The molecule has 1 N–H and O–H groups in total. The molecule has 4 aliphatic rings. The van der Waals surface area contributed by atoms with Crippen LogP contribution in [0.5, 0.6) is 0 Å². The molecule has 1 aromatic heterocycles. The molecule has 0 radical (unpaired) electrons. The second kappa shape index (κ2) is 7.55. The number of hydrogen-bond acceptors (Lipinski definition) is 7. The molecular formula is C24H28N6O2. The SMILES string of the molecule is Cc1nc(N2CC3CN(C(=O)c4ccccc4C4=NC(C)NO4)CC3C2)nc2c1CCC2. The lowest BCUT2D eigenvalue weighted by Crippen LogP contribution is -2.34. The molecular weight excluding hydrogens is 404 g/mol. The van der Waals surface area contributed by atoms with Crippen molar-refractivity contribution in [2.24, 2.45) is 16.8 Å². The number of benzene rings is 1. The Morgan fingerprint density at radius 1 is 1.09 bits per heavy atom. The number of aromatic nitrogens is 2. The van der Waals surface area contributed by atoms with Gasteiger partial charge in [0, 0.05) is 49.4 Å². The lowest BCUT2D eigenvalue weighted by atomic mass is 10.0. The van der Waals surface area contributed by atoms with Gasteiger partial charge in [-0.15, -0.1) is 5.48 Å². The van der Waals surface area contributed by atoms with Crippen molar-refractivity contribution < 1.29 is 9.63 Å². The number of likely N-dealkylation sites (tertiary alicyclic amines) is 1. The summed E-state index contributed by atoms with van der Waals surface area (Å²) >= 11 is 0. The van der Waals surface area contributed by atoms with Gasteiger partial charge in [0.2, 0.25) is 11.8 Å². The number of amides is 1. The highest BCUT2D eigenvalue weighted by molar-refractivity contribution is 6.07. The van der Waals surface area contributed by atoms with E-state index in [4.69, 9.17) is 14.8 Å². The van der Waals surface area contributed by atoms with E-state index in [0.29, 0.717) is 23.3 Å². The molecule has 32 heavy (non-hydrogen) atoms. The number of hydrogen-bond donors (Lipinski definition) is 1. The third kappa shape index (κ3) is 3.24. The maximum atomic E-state index is 13.4. The lowest BCUT2D eigenvalue weighted by Gasteiger charge is -2.23. The summed E-state index contributed by atoms with van der Waals surface area (Å²) in [4.78, 5) is 37.4. The summed E-state index contributed by atoms with van der Waals surface area (Å²) in [6.45, 7) is 7.37. The molecule has 8 heteroatoms. The zero-order chi connectivity index (χ0) is 21.8. The Balaban J connectivity index is 1.17. The maximum Gasteiger partial charge on any atom is 0.254 e. The second-order valence-electron chi connectivity index (χ2n) is 9.40. The average Bonchev–Trinajstić information content (AvgIpc) is 3.56. The van der Waals surface area contributed by atoms with Crippen LogP contribution < -0.4 is 10.4 Å². The number of carbonyl (C=O) groups excluding carboxylic acids is 1. The molecule has 8 nitrogen and oxygen atoms in total. The zero-order valence-electron chi connectivity index (χ0n) is 18.5. The predicted octanol–water partition coefficient (Wildman–Crippen LogP) is 2.11. The monoisotopic (exact) mass is 432 g/mol. The summed E-state index contributed by atoms with van der Waals surface area (Å²) in [5, 5.41) is 0. The fourth-order valence-corrected chi connectivity index (χ4v) is 5.59. The molecule has 2 fully saturated rings. The summed E-state index contributed by atoms with van der Waals surface area (Å²) in [6, 6.07) is 7.58. The quantitative estimate of drug-likeness (QED) is 0.800. The number of aryl methyl sites for hydroxylation is 2. The van der Waals surface area contributed by atoms with E-state index in [1.165, 1.54) is 17.7 Å². The van der Waals surface area contributed by atoms with Gasteiger partial charge < -0.3 is 14.6 Å². The predicted molar refractivity (Wildman–Crippen MR) is 121 cm³/mol. The third-order valence-electron chi connectivity index (χ3n) is 7.21. The van der Waals surface area contributed by atoms with Crippen molar-refractivity contribution in [3.63, 3.8) is 0 Å². The summed E-state index contributed by atoms with van der Waals surface area (Å²) in [5.41, 5.74) is 7.94. The van der Waals surface area contributed by atoms with Gasteiger partial charge >= 0.3 is 0 Å². The topological polar surface area (TPSA) is 83.0 Å². The normalized spacial score (nSPS) is 26.2. The molecule has 1 aromatic carbocycles. The molecule has 3 unspecified atom stereocenters. The Hall–Kier alpha value is -3.00. The Morgan fingerprint density at radius 2 is 1.88 bits per heavy atom. The van der Waals surface area contributed by atoms with Gasteiger partial charge in [0.1, 0.15) is 6.17 Å². The van der Waals surface area contributed by atoms with Crippen molar-refractivity contribution in [2.45, 2.75) is 39.3 Å². The Morgan fingerprint density at radius 3 is 2.62 bits per heavy atom. The van der Waals surface area contributed by atoms with Crippen LogP contribution in [-0.4, -0.2) is 59.0 Å². The van der Waals surface area contributed by atoms with Crippen molar-refractivity contribution >= 4 is 17.8 Å². The van der Waals surface area contributed by atoms with Gasteiger partial charge in [0.25, 0.3) is 5.91 Å². The summed E-state index contributed by atoms with van der Waals surface area (Å²) in [7, 11) is 0. The first-order valence-corrected chi connectivity index (χ1v) is 11.6. The lowest BCUT2D eigenvalue weighted by molar-refractivity contribution is 0.0781. The van der Waals surface area contributed by atoms with Crippen molar-refractivity contribution in [1.29, 1.82) is 0 Å². The van der Waals surface area contributed by atoms with E-state index in [2.05, 4.69) is 22.3 Å². The molecule has 166 valence electrons. The Bertz CT molecular complexity index is 1100. The molecule has 1 amide bonds.